The van der Waals surface area contributed by atoms with Crippen LogP contribution in [0.4, 0.5) is 16.1 Å². The Bertz CT molecular complexity index is 1180. The number of tetrazole rings is 1. The summed E-state index contributed by atoms with van der Waals surface area (Å²) in [5, 5.41) is 37.6. The van der Waals surface area contributed by atoms with Gasteiger partial charge in [0.15, 0.2) is 5.82 Å². The molecule has 1 fully saturated rings. The van der Waals surface area contributed by atoms with Gasteiger partial charge in [-0.2, -0.15) is 10.3 Å². The van der Waals surface area contributed by atoms with Gasteiger partial charge in [0.25, 0.3) is 0 Å². The maximum Gasteiger partial charge on any atom is 0.230 e. The molecule has 0 aliphatic carbocycles. The fraction of sp³-hybridized carbons (Fsp3) is 0.263. The van der Waals surface area contributed by atoms with Gasteiger partial charge >= 0.3 is 0 Å². The molecule has 1 amide bonds. The molecule has 162 valence electrons. The second-order valence-corrected chi connectivity index (χ2v) is 8.21. The highest BCUT2D eigenvalue weighted by atomic mass is 32.1. The van der Waals surface area contributed by atoms with Crippen LogP contribution in [-0.4, -0.2) is 66.1 Å². The van der Waals surface area contributed by atoms with E-state index >= 15 is 0 Å². The van der Waals surface area contributed by atoms with Crippen molar-refractivity contribution in [1.82, 2.24) is 41.0 Å². The molecule has 1 aliphatic rings. The smallest absolute Gasteiger partial charge is 0.230 e. The first-order valence-electron chi connectivity index (χ1n) is 9.98. The molecular weight excluding hydrogens is 430 g/mol. The number of benzene rings is 1. The number of carbonyl (C=O) groups is 1. The van der Waals surface area contributed by atoms with E-state index in [4.69, 9.17) is 0 Å². The van der Waals surface area contributed by atoms with Gasteiger partial charge in [-0.3, -0.25) is 4.79 Å². The number of aromatic amines is 1. The van der Waals surface area contributed by atoms with Gasteiger partial charge in [-0.15, -0.1) is 25.5 Å². The molecule has 1 aliphatic heterocycles. The molecule has 0 unspecified atom stereocenters. The molecule has 0 saturated carbocycles. The van der Waals surface area contributed by atoms with E-state index in [1.807, 2.05) is 36.4 Å². The van der Waals surface area contributed by atoms with E-state index in [0.29, 0.717) is 16.1 Å². The molecular formula is C19H19N11OS. The van der Waals surface area contributed by atoms with Crippen LogP contribution < -0.4 is 15.5 Å². The first kappa shape index (κ1) is 19.9. The first-order chi connectivity index (χ1) is 15.7. The van der Waals surface area contributed by atoms with Gasteiger partial charge in [-0.05, 0) is 35.4 Å². The van der Waals surface area contributed by atoms with Gasteiger partial charge in [0.1, 0.15) is 0 Å². The van der Waals surface area contributed by atoms with E-state index in [1.165, 1.54) is 11.3 Å². The van der Waals surface area contributed by atoms with E-state index in [-0.39, 0.29) is 18.4 Å². The number of nitrogens with one attached hydrogen (secondary N) is 3. The molecule has 32 heavy (non-hydrogen) atoms. The molecule has 5 rings (SSSR count). The van der Waals surface area contributed by atoms with Crippen LogP contribution in [0.25, 0.3) is 11.4 Å². The van der Waals surface area contributed by atoms with Gasteiger partial charge < -0.3 is 15.5 Å². The van der Waals surface area contributed by atoms with Crippen LogP contribution >= 0.6 is 11.3 Å². The zero-order chi connectivity index (χ0) is 21.8. The molecule has 3 aromatic heterocycles. The van der Waals surface area contributed by atoms with Gasteiger partial charge in [0, 0.05) is 30.9 Å². The van der Waals surface area contributed by atoms with Gasteiger partial charge in [-0.1, -0.05) is 29.5 Å². The highest BCUT2D eigenvalue weighted by molar-refractivity contribution is 7.19. The molecule has 13 heteroatoms. The van der Waals surface area contributed by atoms with Crippen LogP contribution in [0.5, 0.6) is 0 Å². The Hall–Kier alpha value is -4.00. The predicted octanol–water partition coefficient (Wildman–Crippen LogP) is 1.38. The average molecular weight is 450 g/mol. The SMILES string of the molecule is O=C(Cc1cccc(-c2nn[nH]n2)c1)Nc1nnc(N[C@@H]2CCN(c3cccnn3)C2)s1. The van der Waals surface area contributed by atoms with Gasteiger partial charge in [0.05, 0.1) is 6.42 Å². The van der Waals surface area contributed by atoms with Crippen LogP contribution in [0.1, 0.15) is 12.0 Å². The molecule has 0 spiro atoms. The summed E-state index contributed by atoms with van der Waals surface area (Å²) in [6, 6.07) is 11.5. The number of anilines is 3. The Labute approximate surface area is 186 Å². The predicted molar refractivity (Wildman–Crippen MR) is 118 cm³/mol. The molecule has 1 aromatic carbocycles. The van der Waals surface area contributed by atoms with Crippen molar-refractivity contribution in [1.29, 1.82) is 0 Å². The van der Waals surface area contributed by atoms with Crippen molar-refractivity contribution >= 4 is 33.3 Å². The molecule has 4 aromatic rings. The second kappa shape index (κ2) is 9.01. The third kappa shape index (κ3) is 4.67. The fourth-order valence-corrected chi connectivity index (χ4v) is 4.25. The van der Waals surface area contributed by atoms with Crippen molar-refractivity contribution in [3.63, 3.8) is 0 Å². The largest absolute Gasteiger partial charge is 0.355 e. The minimum absolute atomic E-state index is 0.173. The van der Waals surface area contributed by atoms with Crippen molar-refractivity contribution in [2.24, 2.45) is 0 Å². The topological polar surface area (TPSA) is 150 Å². The summed E-state index contributed by atoms with van der Waals surface area (Å²) in [5.41, 5.74) is 1.63. The molecule has 4 heterocycles. The van der Waals surface area contributed by atoms with Crippen molar-refractivity contribution in [2.75, 3.05) is 28.6 Å². The summed E-state index contributed by atoms with van der Waals surface area (Å²) in [7, 11) is 0. The van der Waals surface area contributed by atoms with Crippen LogP contribution in [0, 0.1) is 0 Å². The van der Waals surface area contributed by atoms with Crippen LogP contribution in [0.3, 0.4) is 0 Å². The standard InChI is InChI=1S/C19H19N11OS/c31-16(10-12-3-1-4-13(9-12)17-24-28-29-25-17)22-19-27-26-18(32-19)21-14-6-8-30(11-14)15-5-2-7-20-23-15/h1-5,7,9,14H,6,8,10-11H2,(H,21,26)(H,22,27,31)(H,24,25,28,29)/t14-/m1/s1. The van der Waals surface area contributed by atoms with Crippen molar-refractivity contribution in [2.45, 2.75) is 18.9 Å². The summed E-state index contributed by atoms with van der Waals surface area (Å²) < 4.78 is 0. The number of nitrogens with zero attached hydrogens (tertiary/aromatic N) is 8. The summed E-state index contributed by atoms with van der Waals surface area (Å²) in [6.45, 7) is 1.69. The highest BCUT2D eigenvalue weighted by Gasteiger charge is 2.24. The number of H-pyrrole nitrogens is 1. The molecule has 3 N–H and O–H groups in total. The molecule has 1 atom stereocenters. The van der Waals surface area contributed by atoms with Crippen LogP contribution in [-0.2, 0) is 11.2 Å². The Balaban J connectivity index is 1.15. The van der Waals surface area contributed by atoms with Crippen molar-refractivity contribution in [3.8, 4) is 11.4 Å². The van der Waals surface area contributed by atoms with Crippen LogP contribution in [0.2, 0.25) is 0 Å². The van der Waals surface area contributed by atoms with Gasteiger partial charge in [-0.25, -0.2) is 0 Å². The zero-order valence-electron chi connectivity index (χ0n) is 16.8. The molecule has 1 saturated heterocycles. The minimum Gasteiger partial charge on any atom is -0.355 e. The summed E-state index contributed by atoms with van der Waals surface area (Å²) in [6.07, 6.45) is 2.81. The fourth-order valence-electron chi connectivity index (χ4n) is 3.51. The number of hydrogen-bond acceptors (Lipinski definition) is 11. The summed E-state index contributed by atoms with van der Waals surface area (Å²) in [4.78, 5) is 14.6. The van der Waals surface area contributed by atoms with E-state index in [2.05, 4.69) is 56.6 Å². The van der Waals surface area contributed by atoms with E-state index in [0.717, 1.165) is 36.5 Å². The molecule has 0 bridgehead atoms. The third-order valence-corrected chi connectivity index (χ3v) is 5.73. The van der Waals surface area contributed by atoms with Crippen molar-refractivity contribution < 1.29 is 4.79 Å². The Morgan fingerprint density at radius 2 is 2.09 bits per heavy atom. The maximum atomic E-state index is 12.5. The quantitative estimate of drug-likeness (QED) is 0.377. The average Bonchev–Trinajstić information content (AvgIpc) is 3.58. The number of rotatable bonds is 7. The Kier molecular flexibility index (Phi) is 5.61. The lowest BCUT2D eigenvalue weighted by Crippen LogP contribution is -2.26. The highest BCUT2D eigenvalue weighted by Crippen LogP contribution is 2.25. The third-order valence-electron chi connectivity index (χ3n) is 4.96. The first-order valence-corrected chi connectivity index (χ1v) is 10.8. The lowest BCUT2D eigenvalue weighted by atomic mass is 10.1. The molecule has 12 nitrogen and oxygen atoms in total. The van der Waals surface area contributed by atoms with Crippen molar-refractivity contribution in [3.05, 3.63) is 48.2 Å². The Morgan fingerprint density at radius 3 is 2.94 bits per heavy atom. The zero-order valence-corrected chi connectivity index (χ0v) is 17.7. The number of aromatic nitrogens is 8. The van der Waals surface area contributed by atoms with Crippen LogP contribution in [0.15, 0.2) is 42.6 Å². The minimum atomic E-state index is -0.173. The summed E-state index contributed by atoms with van der Waals surface area (Å²) in [5.74, 6) is 1.18. The monoisotopic (exact) mass is 449 g/mol. The summed E-state index contributed by atoms with van der Waals surface area (Å²) >= 11 is 1.31. The normalized spacial score (nSPS) is 15.6. The van der Waals surface area contributed by atoms with E-state index in [1.54, 1.807) is 6.20 Å². The second-order valence-electron chi connectivity index (χ2n) is 7.23. The van der Waals surface area contributed by atoms with E-state index < -0.39 is 0 Å². The number of carbonyl (C=O) groups excluding carboxylic acids is 1. The Morgan fingerprint density at radius 1 is 1.16 bits per heavy atom. The molecule has 0 radical (unpaired) electrons. The lowest BCUT2D eigenvalue weighted by molar-refractivity contribution is -0.115. The van der Waals surface area contributed by atoms with Gasteiger partial charge in [0.2, 0.25) is 22.0 Å². The van der Waals surface area contributed by atoms with E-state index in [9.17, 15) is 4.79 Å². The number of amides is 1. The maximum absolute atomic E-state index is 12.5. The number of hydrogen-bond donors (Lipinski definition) is 3. The lowest BCUT2D eigenvalue weighted by Gasteiger charge is -2.16.